The molecule has 0 aliphatic rings. The quantitative estimate of drug-likeness (QED) is 0.363. The topological polar surface area (TPSA) is 136 Å². The molecule has 1 amide bonds. The van der Waals surface area contributed by atoms with Gasteiger partial charge in [0, 0.05) is 25.2 Å². The highest BCUT2D eigenvalue weighted by Gasteiger charge is 2.22. The number of rotatable bonds is 9. The Morgan fingerprint density at radius 3 is 2.40 bits per heavy atom. The molecule has 2 aromatic carbocycles. The van der Waals surface area contributed by atoms with Crippen molar-refractivity contribution in [1.29, 1.82) is 0 Å². The Hall–Kier alpha value is -3.47. The van der Waals surface area contributed by atoms with Crippen molar-refractivity contribution in [2.24, 2.45) is 0 Å². The molecule has 2 rings (SSSR count). The van der Waals surface area contributed by atoms with E-state index in [4.69, 9.17) is 4.74 Å². The Morgan fingerprint density at radius 2 is 1.77 bits per heavy atom. The monoisotopic (exact) mass is 435 g/mol. The number of ether oxygens (including phenoxy) is 1. The van der Waals surface area contributed by atoms with E-state index in [2.05, 4.69) is 4.72 Å². The van der Waals surface area contributed by atoms with E-state index in [0.29, 0.717) is 13.1 Å². The number of nitro groups is 1. The highest BCUT2D eigenvalue weighted by atomic mass is 32.2. The summed E-state index contributed by atoms with van der Waals surface area (Å²) in [4.78, 5) is 35.8. The van der Waals surface area contributed by atoms with Crippen LogP contribution in [0.1, 0.15) is 24.2 Å². The van der Waals surface area contributed by atoms with Crippen molar-refractivity contribution in [3.63, 3.8) is 0 Å². The maximum atomic E-state index is 12.6. The maximum Gasteiger partial charge on any atom is 0.340 e. The first-order valence-corrected chi connectivity index (χ1v) is 10.5. The summed E-state index contributed by atoms with van der Waals surface area (Å²) in [6, 6.07) is 10.2. The van der Waals surface area contributed by atoms with E-state index in [1.54, 1.807) is 13.8 Å². The van der Waals surface area contributed by atoms with Crippen molar-refractivity contribution >= 4 is 33.3 Å². The van der Waals surface area contributed by atoms with Crippen LogP contribution in [0.25, 0.3) is 0 Å². The average Bonchev–Trinajstić information content (AvgIpc) is 2.73. The lowest BCUT2D eigenvalue weighted by molar-refractivity contribution is -0.385. The van der Waals surface area contributed by atoms with E-state index < -0.39 is 27.5 Å². The number of nitrogens with zero attached hydrogens (tertiary/aromatic N) is 2. The van der Waals surface area contributed by atoms with Gasteiger partial charge in [-0.1, -0.05) is 18.2 Å². The Bertz CT molecular complexity index is 1050. The first kappa shape index (κ1) is 22.8. The summed E-state index contributed by atoms with van der Waals surface area (Å²) < 4.78 is 32.5. The van der Waals surface area contributed by atoms with Crippen molar-refractivity contribution in [3.05, 3.63) is 64.2 Å². The van der Waals surface area contributed by atoms with Crippen LogP contribution in [0.3, 0.4) is 0 Å². The van der Waals surface area contributed by atoms with Crippen molar-refractivity contribution in [1.82, 2.24) is 4.90 Å². The molecule has 0 saturated heterocycles. The Kier molecular flexibility index (Phi) is 7.48. The molecule has 0 aromatic heterocycles. The van der Waals surface area contributed by atoms with Gasteiger partial charge in [-0.3, -0.25) is 19.6 Å². The summed E-state index contributed by atoms with van der Waals surface area (Å²) in [5.74, 6) is -1.25. The largest absolute Gasteiger partial charge is 0.452 e. The number of amides is 1. The Balaban J connectivity index is 2.22. The molecular formula is C19H21N3O7S. The number of hydrogen-bond donors (Lipinski definition) is 1. The van der Waals surface area contributed by atoms with Gasteiger partial charge in [0.15, 0.2) is 6.61 Å². The predicted molar refractivity (Wildman–Crippen MR) is 109 cm³/mol. The molecule has 11 heteroatoms. The minimum Gasteiger partial charge on any atom is -0.452 e. The number of nitrogens with one attached hydrogen (secondary N) is 1. The van der Waals surface area contributed by atoms with Crippen molar-refractivity contribution in [3.8, 4) is 0 Å². The van der Waals surface area contributed by atoms with Gasteiger partial charge in [0.2, 0.25) is 0 Å². The summed E-state index contributed by atoms with van der Waals surface area (Å²) in [5, 5.41) is 10.9. The highest BCUT2D eigenvalue weighted by molar-refractivity contribution is 7.92. The van der Waals surface area contributed by atoms with Crippen LogP contribution in [-0.2, 0) is 19.6 Å². The number of esters is 1. The standard InChI is InChI=1S/C19H21N3O7S/c1-3-21(4-2)18(23)13-29-19(24)16-10-5-6-11-17(16)20-30(27,28)15-9-7-8-14(12-15)22(25)26/h5-12,20H,3-4,13H2,1-2H3. The molecule has 0 fully saturated rings. The minimum absolute atomic E-state index is 0.0794. The smallest absolute Gasteiger partial charge is 0.340 e. The number of non-ortho nitro benzene ring substituents is 1. The molecule has 0 atom stereocenters. The summed E-state index contributed by atoms with van der Waals surface area (Å²) in [5.41, 5.74) is -0.566. The number of benzene rings is 2. The van der Waals surface area contributed by atoms with Gasteiger partial charge in [-0.2, -0.15) is 0 Å². The second-order valence-corrected chi connectivity index (χ2v) is 7.73. The van der Waals surface area contributed by atoms with E-state index in [1.807, 2.05) is 0 Å². The van der Waals surface area contributed by atoms with Gasteiger partial charge in [0.25, 0.3) is 21.6 Å². The Labute approximate surface area is 173 Å². The number of hydrogen-bond acceptors (Lipinski definition) is 7. The fraction of sp³-hybridized carbons (Fsp3) is 0.263. The number of carbonyl (C=O) groups is 2. The van der Waals surface area contributed by atoms with Crippen LogP contribution >= 0.6 is 0 Å². The van der Waals surface area contributed by atoms with Gasteiger partial charge >= 0.3 is 5.97 Å². The molecular weight excluding hydrogens is 414 g/mol. The van der Waals surface area contributed by atoms with Gasteiger partial charge in [0.1, 0.15) is 0 Å². The maximum absolute atomic E-state index is 12.6. The minimum atomic E-state index is -4.22. The van der Waals surface area contributed by atoms with Crippen LogP contribution in [0.5, 0.6) is 0 Å². The number of anilines is 1. The van der Waals surface area contributed by atoms with E-state index >= 15 is 0 Å². The lowest BCUT2D eigenvalue weighted by atomic mass is 10.2. The molecule has 0 heterocycles. The van der Waals surface area contributed by atoms with Crippen LogP contribution in [0.2, 0.25) is 0 Å². The normalized spacial score (nSPS) is 10.9. The van der Waals surface area contributed by atoms with Gasteiger partial charge in [-0.25, -0.2) is 13.2 Å². The third-order valence-corrected chi connectivity index (χ3v) is 5.54. The molecule has 10 nitrogen and oxygen atoms in total. The van der Waals surface area contributed by atoms with Crippen LogP contribution in [0.15, 0.2) is 53.4 Å². The second-order valence-electron chi connectivity index (χ2n) is 6.05. The highest BCUT2D eigenvalue weighted by Crippen LogP contribution is 2.23. The van der Waals surface area contributed by atoms with Crippen molar-refractivity contribution < 1.29 is 27.7 Å². The molecule has 0 aliphatic carbocycles. The van der Waals surface area contributed by atoms with Gasteiger partial charge in [-0.15, -0.1) is 0 Å². The lowest BCUT2D eigenvalue weighted by Gasteiger charge is -2.18. The summed E-state index contributed by atoms with van der Waals surface area (Å²) in [7, 11) is -4.22. The Morgan fingerprint density at radius 1 is 1.10 bits per heavy atom. The van der Waals surface area contributed by atoms with Crippen LogP contribution < -0.4 is 4.72 Å². The molecule has 1 N–H and O–H groups in total. The molecule has 0 spiro atoms. The van der Waals surface area contributed by atoms with Gasteiger partial charge in [0.05, 0.1) is 21.1 Å². The van der Waals surface area contributed by atoms with Crippen LogP contribution in [-0.4, -0.2) is 49.8 Å². The van der Waals surface area contributed by atoms with E-state index in [1.165, 1.54) is 41.3 Å². The zero-order valence-electron chi connectivity index (χ0n) is 16.4. The summed E-state index contributed by atoms with van der Waals surface area (Å²) in [6.07, 6.45) is 0. The molecule has 0 saturated carbocycles. The fourth-order valence-corrected chi connectivity index (χ4v) is 3.71. The summed E-state index contributed by atoms with van der Waals surface area (Å²) >= 11 is 0. The van der Waals surface area contributed by atoms with Crippen molar-refractivity contribution in [2.45, 2.75) is 18.7 Å². The third-order valence-electron chi connectivity index (χ3n) is 4.17. The van der Waals surface area contributed by atoms with E-state index in [-0.39, 0.29) is 27.7 Å². The molecule has 160 valence electrons. The van der Waals surface area contributed by atoms with E-state index in [9.17, 15) is 28.1 Å². The van der Waals surface area contributed by atoms with E-state index in [0.717, 1.165) is 12.1 Å². The summed E-state index contributed by atoms with van der Waals surface area (Å²) in [6.45, 7) is 4.04. The van der Waals surface area contributed by atoms with Crippen LogP contribution in [0.4, 0.5) is 11.4 Å². The molecule has 2 aromatic rings. The SMILES string of the molecule is CCN(CC)C(=O)COC(=O)c1ccccc1NS(=O)(=O)c1cccc([N+](=O)[O-])c1. The number of nitro benzene ring substituents is 1. The molecule has 0 aliphatic heterocycles. The van der Waals surface area contributed by atoms with Crippen molar-refractivity contribution in [2.75, 3.05) is 24.4 Å². The molecule has 0 bridgehead atoms. The lowest BCUT2D eigenvalue weighted by Crippen LogP contribution is -2.34. The zero-order chi connectivity index (χ0) is 22.3. The third kappa shape index (κ3) is 5.54. The number of likely N-dealkylation sites (N-methyl/N-ethyl adjacent to an activating group) is 1. The van der Waals surface area contributed by atoms with Crippen LogP contribution in [0, 0.1) is 10.1 Å². The van der Waals surface area contributed by atoms with Gasteiger partial charge < -0.3 is 9.64 Å². The average molecular weight is 435 g/mol. The molecule has 0 radical (unpaired) electrons. The first-order valence-electron chi connectivity index (χ1n) is 9.00. The molecule has 0 unspecified atom stereocenters. The predicted octanol–water partition coefficient (Wildman–Crippen LogP) is 2.42. The number of para-hydroxylation sites is 1. The number of carbonyl (C=O) groups excluding carboxylic acids is 2. The fourth-order valence-electron chi connectivity index (χ4n) is 2.59. The molecule has 30 heavy (non-hydrogen) atoms. The number of sulfonamides is 1. The van der Waals surface area contributed by atoms with Gasteiger partial charge in [-0.05, 0) is 32.0 Å². The zero-order valence-corrected chi connectivity index (χ0v) is 17.2. The first-order chi connectivity index (χ1) is 14.2. The second kappa shape index (κ2) is 9.83.